The molecule has 0 aromatic rings. The molecule has 3 fully saturated rings. The molecular formula is C22H44O14. The normalized spacial score (nSPS) is 49.2. The molecule has 36 heavy (non-hydrogen) atoms. The quantitative estimate of drug-likeness (QED) is 0.163. The average Bonchev–Trinajstić information content (AvgIpc) is 2.87. The van der Waals surface area contributed by atoms with Crippen molar-refractivity contribution in [3.63, 3.8) is 0 Å². The molecule has 3 aliphatic rings. The van der Waals surface area contributed by atoms with Crippen LogP contribution in [0, 0.1) is 5.92 Å². The minimum absolute atomic E-state index is 0.0946. The fraction of sp³-hybridized carbons (Fsp3) is 1.00. The highest BCUT2D eigenvalue weighted by Crippen LogP contribution is 2.25. The van der Waals surface area contributed by atoms with Crippen molar-refractivity contribution in [2.75, 3.05) is 19.8 Å². The summed E-state index contributed by atoms with van der Waals surface area (Å²) in [4.78, 5) is 0. The molecule has 0 aliphatic carbocycles. The van der Waals surface area contributed by atoms with E-state index in [1.165, 1.54) is 0 Å². The Morgan fingerprint density at radius 1 is 0.389 bits per heavy atom. The Morgan fingerprint density at radius 3 is 0.972 bits per heavy atom. The highest BCUT2D eigenvalue weighted by Gasteiger charge is 2.42. The Labute approximate surface area is 209 Å². The lowest BCUT2D eigenvalue weighted by Gasteiger charge is -2.39. The van der Waals surface area contributed by atoms with Crippen molar-refractivity contribution in [2.24, 2.45) is 5.92 Å². The number of aliphatic hydroxyl groups excluding tert-OH is 11. The number of aliphatic hydroxyl groups is 11. The molecular weight excluding hydrogens is 488 g/mol. The monoisotopic (exact) mass is 532 g/mol. The standard InChI is InChI=1S/C8H16O4.2C7H14O5/c1-4-5(2)12-6(3-9)8(11)7(4)10;2*1-3-5(9)7(11)6(10)4(2-8)12-3/h4-11H,3H2,1-2H3;2*3-11H,2H2,1H3/t4-,5?,6+,7+,8+;3?,4-,5+,6+,7-;3?,4-,5-,6-,7-/m011/s1. The second-order valence-electron chi connectivity index (χ2n) is 9.47. The highest BCUT2D eigenvalue weighted by atomic mass is 16.6. The second-order valence-corrected chi connectivity index (χ2v) is 9.47. The number of hydrogen-bond acceptors (Lipinski definition) is 14. The minimum Gasteiger partial charge on any atom is -0.394 e. The smallest absolute Gasteiger partial charge is 0.111 e. The van der Waals surface area contributed by atoms with Crippen LogP contribution in [0.3, 0.4) is 0 Å². The maximum Gasteiger partial charge on any atom is 0.111 e. The Kier molecular flexibility index (Phi) is 14.1. The zero-order valence-corrected chi connectivity index (χ0v) is 20.9. The molecule has 0 radical (unpaired) electrons. The van der Waals surface area contributed by atoms with Crippen LogP contribution < -0.4 is 0 Å². The number of ether oxygens (including phenoxy) is 3. The number of rotatable bonds is 3. The molecule has 3 aliphatic heterocycles. The Morgan fingerprint density at radius 2 is 0.667 bits per heavy atom. The third-order valence-corrected chi connectivity index (χ3v) is 6.84. The molecule has 14 heteroatoms. The molecule has 3 unspecified atom stereocenters. The molecule has 3 heterocycles. The van der Waals surface area contributed by atoms with Gasteiger partial charge in [0.1, 0.15) is 61.0 Å². The predicted molar refractivity (Wildman–Crippen MR) is 121 cm³/mol. The van der Waals surface area contributed by atoms with E-state index in [9.17, 15) is 40.9 Å². The van der Waals surface area contributed by atoms with Gasteiger partial charge in [0.05, 0.1) is 44.2 Å². The van der Waals surface area contributed by atoms with Crippen LogP contribution in [-0.4, -0.2) is 161 Å². The molecule has 0 spiro atoms. The second kappa shape index (κ2) is 15.1. The SMILES string of the molecule is CC1O[C@H](CO)[C@@H](O)[C@H](O)[C@@H]1O.CC1O[C@H](CO)[C@@H](O)[C@H](O)[C@H]1C.CC1O[C@H](CO)[C@H](O)[C@H](O)[C@H]1O. The summed E-state index contributed by atoms with van der Waals surface area (Å²) in [7, 11) is 0. The van der Waals surface area contributed by atoms with Crippen molar-refractivity contribution in [3.8, 4) is 0 Å². The topological polar surface area (TPSA) is 250 Å². The third kappa shape index (κ3) is 8.22. The van der Waals surface area contributed by atoms with Gasteiger partial charge in [-0.2, -0.15) is 0 Å². The van der Waals surface area contributed by atoms with Crippen molar-refractivity contribution in [1.82, 2.24) is 0 Å². The zero-order valence-electron chi connectivity index (χ0n) is 20.9. The first-order valence-electron chi connectivity index (χ1n) is 12.0. The summed E-state index contributed by atoms with van der Waals surface area (Å²) in [6.07, 6.45) is -12.4. The van der Waals surface area contributed by atoms with Crippen molar-refractivity contribution < 1.29 is 70.4 Å². The lowest BCUT2D eigenvalue weighted by atomic mass is 9.89. The summed E-state index contributed by atoms with van der Waals surface area (Å²) in [6, 6.07) is 0. The summed E-state index contributed by atoms with van der Waals surface area (Å²) in [5.74, 6) is -0.0946. The predicted octanol–water partition coefficient (Wildman–Crippen LogP) is -5.18. The van der Waals surface area contributed by atoms with Gasteiger partial charge in [-0.05, 0) is 20.8 Å². The van der Waals surface area contributed by atoms with Crippen LogP contribution in [0.4, 0.5) is 0 Å². The lowest BCUT2D eigenvalue weighted by molar-refractivity contribution is -0.224. The van der Waals surface area contributed by atoms with E-state index in [2.05, 4.69) is 0 Å². The Bertz CT molecular complexity index is 518. The first kappa shape index (κ1) is 33.5. The van der Waals surface area contributed by atoms with Crippen LogP contribution in [0.15, 0.2) is 0 Å². The molecule has 15 atom stereocenters. The van der Waals surface area contributed by atoms with E-state index >= 15 is 0 Å². The van der Waals surface area contributed by atoms with E-state index in [-0.39, 0.29) is 31.8 Å². The van der Waals surface area contributed by atoms with Crippen LogP contribution in [0.1, 0.15) is 27.7 Å². The molecule has 0 amide bonds. The van der Waals surface area contributed by atoms with Crippen LogP contribution in [0.2, 0.25) is 0 Å². The van der Waals surface area contributed by atoms with Gasteiger partial charge in [0.25, 0.3) is 0 Å². The molecule has 0 aromatic carbocycles. The molecule has 11 N–H and O–H groups in total. The largest absolute Gasteiger partial charge is 0.394 e. The summed E-state index contributed by atoms with van der Waals surface area (Å²) >= 11 is 0. The van der Waals surface area contributed by atoms with Crippen LogP contribution in [0.25, 0.3) is 0 Å². The fourth-order valence-electron chi connectivity index (χ4n) is 4.01. The molecule has 0 aromatic heterocycles. The third-order valence-electron chi connectivity index (χ3n) is 6.84. The summed E-state index contributed by atoms with van der Waals surface area (Å²) in [6.45, 7) is 5.79. The van der Waals surface area contributed by atoms with Crippen LogP contribution in [0.5, 0.6) is 0 Å². The maximum atomic E-state index is 9.48. The van der Waals surface area contributed by atoms with Gasteiger partial charge in [-0.15, -0.1) is 0 Å². The van der Waals surface area contributed by atoms with Gasteiger partial charge in [0.15, 0.2) is 0 Å². The van der Waals surface area contributed by atoms with E-state index in [4.69, 9.17) is 29.5 Å². The first-order valence-corrected chi connectivity index (χ1v) is 12.0. The molecule has 3 rings (SSSR count). The van der Waals surface area contributed by atoms with E-state index in [0.717, 1.165) is 0 Å². The van der Waals surface area contributed by atoms with Gasteiger partial charge in [-0.25, -0.2) is 0 Å². The van der Waals surface area contributed by atoms with Gasteiger partial charge in [-0.3, -0.25) is 0 Å². The summed E-state index contributed by atoms with van der Waals surface area (Å²) in [5.41, 5.74) is 0. The van der Waals surface area contributed by atoms with E-state index < -0.39 is 79.4 Å². The van der Waals surface area contributed by atoms with Crippen molar-refractivity contribution in [1.29, 1.82) is 0 Å². The van der Waals surface area contributed by atoms with Gasteiger partial charge in [0.2, 0.25) is 0 Å². The van der Waals surface area contributed by atoms with Gasteiger partial charge in [0, 0.05) is 5.92 Å². The zero-order chi connectivity index (χ0) is 27.9. The van der Waals surface area contributed by atoms with Gasteiger partial charge in [-0.1, -0.05) is 6.92 Å². The Hall–Kier alpha value is -0.560. The molecule has 3 saturated heterocycles. The summed E-state index contributed by atoms with van der Waals surface area (Å²) < 4.78 is 15.3. The first-order chi connectivity index (χ1) is 16.7. The average molecular weight is 533 g/mol. The maximum absolute atomic E-state index is 9.48. The highest BCUT2D eigenvalue weighted by molar-refractivity contribution is 4.91. The molecule has 216 valence electrons. The summed E-state index contributed by atoms with van der Waals surface area (Å²) in [5, 5.41) is 100. The van der Waals surface area contributed by atoms with Gasteiger partial charge < -0.3 is 70.4 Å². The van der Waals surface area contributed by atoms with E-state index in [0.29, 0.717) is 0 Å². The lowest BCUT2D eigenvalue weighted by Crippen LogP contribution is -2.57. The van der Waals surface area contributed by atoms with Crippen molar-refractivity contribution in [3.05, 3.63) is 0 Å². The van der Waals surface area contributed by atoms with E-state index in [1.807, 2.05) is 13.8 Å². The van der Waals surface area contributed by atoms with Crippen LogP contribution in [-0.2, 0) is 14.2 Å². The molecule has 14 nitrogen and oxygen atoms in total. The molecule has 0 bridgehead atoms. The minimum atomic E-state index is -1.24. The fourth-order valence-corrected chi connectivity index (χ4v) is 4.01. The van der Waals surface area contributed by atoms with Crippen molar-refractivity contribution >= 4 is 0 Å². The van der Waals surface area contributed by atoms with Gasteiger partial charge >= 0.3 is 0 Å². The number of hydrogen-bond donors (Lipinski definition) is 11. The van der Waals surface area contributed by atoms with Crippen LogP contribution >= 0.6 is 0 Å². The molecule has 0 saturated carbocycles. The van der Waals surface area contributed by atoms with Crippen molar-refractivity contribution in [2.45, 2.75) is 113 Å². The van der Waals surface area contributed by atoms with E-state index in [1.54, 1.807) is 13.8 Å². The Balaban J connectivity index is 0.000000270.